The van der Waals surface area contributed by atoms with Crippen molar-refractivity contribution >= 4 is 5.97 Å². The fraction of sp³-hybridized carbons (Fsp3) is 0.917. The molecular weight excluding hydrogens is 366 g/mol. The summed E-state index contributed by atoms with van der Waals surface area (Å²) in [5.41, 5.74) is -5.81. The molecule has 0 bridgehead atoms. The van der Waals surface area contributed by atoms with Crippen LogP contribution >= 0.6 is 0 Å². The van der Waals surface area contributed by atoms with Gasteiger partial charge in [-0.05, 0) is 0 Å². The standard InChI is InChI=1S/C12H17NO13/c14-3-1-23-8-6(3)24-2-11(8,20)12(10(18)19)7(17)4(15)5(16)9(25-12)26-13(21)22/h3-9,14-17,20H,1-2H2,(H,18,19)/t3-,4-,5-,6-,7+,8+,9+,11-,12+/m1/s1. The lowest BCUT2D eigenvalue weighted by atomic mass is 9.71. The fourth-order valence-electron chi connectivity index (χ4n) is 3.63. The molecule has 3 heterocycles. The van der Waals surface area contributed by atoms with Crippen molar-refractivity contribution < 1.29 is 59.6 Å². The predicted octanol–water partition coefficient (Wildman–Crippen LogP) is -4.65. The topological polar surface area (TPSA) is 219 Å². The van der Waals surface area contributed by atoms with E-state index in [-0.39, 0.29) is 6.61 Å². The molecule has 0 aromatic heterocycles. The molecule has 6 N–H and O–H groups in total. The molecule has 26 heavy (non-hydrogen) atoms. The van der Waals surface area contributed by atoms with E-state index in [2.05, 4.69) is 4.84 Å². The van der Waals surface area contributed by atoms with Crippen LogP contribution in [0.3, 0.4) is 0 Å². The molecule has 148 valence electrons. The van der Waals surface area contributed by atoms with Crippen molar-refractivity contribution in [3.05, 3.63) is 10.1 Å². The van der Waals surface area contributed by atoms with Crippen LogP contribution < -0.4 is 0 Å². The van der Waals surface area contributed by atoms with Crippen LogP contribution in [0.5, 0.6) is 0 Å². The summed E-state index contributed by atoms with van der Waals surface area (Å²) in [5.74, 6) is -2.02. The van der Waals surface area contributed by atoms with Crippen LogP contribution in [0.4, 0.5) is 0 Å². The minimum absolute atomic E-state index is 0.316. The molecule has 0 saturated carbocycles. The number of rotatable bonds is 4. The Kier molecular flexibility index (Phi) is 4.56. The smallest absolute Gasteiger partial charge is 0.342 e. The summed E-state index contributed by atoms with van der Waals surface area (Å²) >= 11 is 0. The molecule has 0 unspecified atom stereocenters. The summed E-state index contributed by atoms with van der Waals surface area (Å²) < 4.78 is 15.3. The van der Waals surface area contributed by atoms with E-state index in [4.69, 9.17) is 14.2 Å². The first-order valence-corrected chi connectivity index (χ1v) is 7.46. The Morgan fingerprint density at radius 1 is 1.19 bits per heavy atom. The van der Waals surface area contributed by atoms with Crippen molar-refractivity contribution in [2.24, 2.45) is 0 Å². The number of carboxylic acids is 1. The molecule has 3 saturated heterocycles. The zero-order valence-corrected chi connectivity index (χ0v) is 12.9. The first-order valence-electron chi connectivity index (χ1n) is 7.46. The maximum absolute atomic E-state index is 12.0. The molecule has 0 spiro atoms. The average Bonchev–Trinajstić information content (AvgIpc) is 3.09. The third-order valence-electron chi connectivity index (χ3n) is 4.91. The molecule has 3 rings (SSSR count). The summed E-state index contributed by atoms with van der Waals surface area (Å²) in [4.78, 5) is 26.6. The zero-order valence-electron chi connectivity index (χ0n) is 12.9. The third-order valence-corrected chi connectivity index (χ3v) is 4.91. The van der Waals surface area contributed by atoms with Gasteiger partial charge in [-0.15, -0.1) is 10.1 Å². The lowest BCUT2D eigenvalue weighted by Gasteiger charge is -2.51. The lowest BCUT2D eigenvalue weighted by molar-refractivity contribution is -0.787. The Morgan fingerprint density at radius 3 is 2.42 bits per heavy atom. The molecular formula is C12H17NO13. The Morgan fingerprint density at radius 2 is 1.85 bits per heavy atom. The monoisotopic (exact) mass is 383 g/mol. The van der Waals surface area contributed by atoms with Crippen LogP contribution in [0.25, 0.3) is 0 Å². The van der Waals surface area contributed by atoms with Gasteiger partial charge in [0.05, 0.1) is 13.2 Å². The normalized spacial score (nSPS) is 51.0. The highest BCUT2D eigenvalue weighted by Crippen LogP contribution is 2.47. The van der Waals surface area contributed by atoms with Gasteiger partial charge in [0, 0.05) is 0 Å². The summed E-state index contributed by atoms with van der Waals surface area (Å²) in [6.07, 6.45) is -13.1. The van der Waals surface area contributed by atoms with E-state index in [0.717, 1.165) is 0 Å². The number of fused-ring (bicyclic) bond motifs is 1. The van der Waals surface area contributed by atoms with Gasteiger partial charge < -0.3 is 44.8 Å². The fourth-order valence-corrected chi connectivity index (χ4v) is 3.63. The van der Waals surface area contributed by atoms with E-state index in [9.17, 15) is 45.5 Å². The minimum Gasteiger partial charge on any atom is -0.479 e. The van der Waals surface area contributed by atoms with Gasteiger partial charge in [-0.2, -0.15) is 0 Å². The van der Waals surface area contributed by atoms with Crippen LogP contribution in [0.15, 0.2) is 0 Å². The van der Waals surface area contributed by atoms with Gasteiger partial charge in [-0.3, -0.25) is 4.84 Å². The molecule has 0 aliphatic carbocycles. The third kappa shape index (κ3) is 2.39. The Hall–Kier alpha value is -1.65. The number of nitrogens with zero attached hydrogens (tertiary/aromatic N) is 1. The van der Waals surface area contributed by atoms with Crippen molar-refractivity contribution in [1.82, 2.24) is 0 Å². The van der Waals surface area contributed by atoms with Crippen LogP contribution in [0.2, 0.25) is 0 Å². The van der Waals surface area contributed by atoms with Crippen molar-refractivity contribution in [3.63, 3.8) is 0 Å². The van der Waals surface area contributed by atoms with E-state index >= 15 is 0 Å². The zero-order chi connectivity index (χ0) is 19.4. The van der Waals surface area contributed by atoms with Crippen molar-refractivity contribution in [2.45, 2.75) is 54.1 Å². The molecule has 3 aliphatic rings. The highest BCUT2D eigenvalue weighted by molar-refractivity contribution is 5.81. The van der Waals surface area contributed by atoms with Crippen LogP contribution in [-0.2, 0) is 23.8 Å². The second-order valence-electron chi connectivity index (χ2n) is 6.30. The van der Waals surface area contributed by atoms with Crippen molar-refractivity contribution in [2.75, 3.05) is 13.2 Å². The maximum Gasteiger partial charge on any atom is 0.342 e. The molecule has 0 radical (unpaired) electrons. The number of ether oxygens (including phenoxy) is 3. The molecule has 14 heteroatoms. The molecule has 14 nitrogen and oxygen atoms in total. The number of aliphatic hydroxyl groups is 5. The van der Waals surface area contributed by atoms with E-state index < -0.39 is 71.8 Å². The van der Waals surface area contributed by atoms with E-state index in [1.165, 1.54) is 0 Å². The first-order chi connectivity index (χ1) is 12.1. The number of aliphatic hydroxyl groups excluding tert-OH is 4. The van der Waals surface area contributed by atoms with Gasteiger partial charge in [0.25, 0.3) is 5.09 Å². The first kappa shape index (κ1) is 19.1. The number of hydrogen-bond acceptors (Lipinski definition) is 12. The number of hydrogen-bond donors (Lipinski definition) is 6. The van der Waals surface area contributed by atoms with E-state index in [1.807, 2.05) is 0 Å². The highest BCUT2D eigenvalue weighted by Gasteiger charge is 2.76. The molecule has 9 atom stereocenters. The predicted molar refractivity (Wildman–Crippen MR) is 71.8 cm³/mol. The number of aliphatic carboxylic acids is 1. The summed E-state index contributed by atoms with van der Waals surface area (Å²) in [6, 6.07) is 0. The second kappa shape index (κ2) is 6.21. The van der Waals surface area contributed by atoms with E-state index in [0.29, 0.717) is 0 Å². The lowest BCUT2D eigenvalue weighted by Crippen LogP contribution is -2.79. The van der Waals surface area contributed by atoms with Gasteiger partial charge in [0.2, 0.25) is 11.9 Å². The van der Waals surface area contributed by atoms with Gasteiger partial charge in [-0.1, -0.05) is 0 Å². The molecule has 0 aromatic rings. The molecule has 0 aromatic carbocycles. The summed E-state index contributed by atoms with van der Waals surface area (Å²) in [5, 5.41) is 69.7. The molecule has 0 amide bonds. The summed E-state index contributed by atoms with van der Waals surface area (Å²) in [7, 11) is 0. The van der Waals surface area contributed by atoms with Crippen LogP contribution in [0.1, 0.15) is 0 Å². The van der Waals surface area contributed by atoms with Crippen molar-refractivity contribution in [1.29, 1.82) is 0 Å². The van der Waals surface area contributed by atoms with E-state index in [1.54, 1.807) is 0 Å². The summed E-state index contributed by atoms with van der Waals surface area (Å²) in [6.45, 7) is -1.12. The SMILES string of the molecule is O=C(O)[C@@]1([C@@]2(O)CO[C@@H]3[C@H](O)CO[C@@H]32)O[C@@H](O[N+](=O)[O-])[C@H](O)[C@@H](O)[C@@H]1O. The maximum atomic E-state index is 12.0. The minimum atomic E-state index is -3.13. The Balaban J connectivity index is 2.06. The van der Waals surface area contributed by atoms with Gasteiger partial charge >= 0.3 is 5.97 Å². The highest BCUT2D eigenvalue weighted by atomic mass is 17.0. The average molecular weight is 383 g/mol. The number of carboxylic acid groups (broad SMARTS) is 1. The molecule has 3 aliphatic heterocycles. The Bertz CT molecular complexity index is 602. The molecule has 3 fully saturated rings. The van der Waals surface area contributed by atoms with Crippen molar-refractivity contribution in [3.8, 4) is 0 Å². The van der Waals surface area contributed by atoms with Gasteiger partial charge in [0.1, 0.15) is 36.6 Å². The second-order valence-corrected chi connectivity index (χ2v) is 6.30. The quantitative estimate of drug-likeness (QED) is 0.199. The van der Waals surface area contributed by atoms with Crippen LogP contribution in [0, 0.1) is 10.1 Å². The Labute approximate surface area is 144 Å². The van der Waals surface area contributed by atoms with Gasteiger partial charge in [0.15, 0.2) is 5.60 Å². The van der Waals surface area contributed by atoms with Gasteiger partial charge in [-0.25, -0.2) is 4.79 Å². The largest absolute Gasteiger partial charge is 0.479 e. The number of carbonyl (C=O) groups is 1. The van der Waals surface area contributed by atoms with Crippen LogP contribution in [-0.4, -0.2) is 109 Å².